The highest BCUT2D eigenvalue weighted by Crippen LogP contribution is 2.30. The van der Waals surface area contributed by atoms with Gasteiger partial charge in [0.1, 0.15) is 5.75 Å². The van der Waals surface area contributed by atoms with Crippen LogP contribution in [0.4, 0.5) is 5.69 Å². The largest absolute Gasteiger partial charge is 0.497 e. The molecule has 0 bridgehead atoms. The predicted octanol–water partition coefficient (Wildman–Crippen LogP) is 4.07. The van der Waals surface area contributed by atoms with Crippen molar-refractivity contribution in [3.63, 3.8) is 0 Å². The van der Waals surface area contributed by atoms with Gasteiger partial charge in [0.2, 0.25) is 5.91 Å². The fourth-order valence-electron chi connectivity index (χ4n) is 3.79. The van der Waals surface area contributed by atoms with Crippen LogP contribution in [0.2, 0.25) is 0 Å². The molecular formula is C26H26N2O3. The van der Waals surface area contributed by atoms with Gasteiger partial charge in [0.15, 0.2) is 0 Å². The van der Waals surface area contributed by atoms with Crippen LogP contribution < -0.4 is 15.0 Å². The summed E-state index contributed by atoms with van der Waals surface area (Å²) >= 11 is 0. The van der Waals surface area contributed by atoms with Crippen LogP contribution in [-0.4, -0.2) is 25.5 Å². The second-order valence-corrected chi connectivity index (χ2v) is 7.84. The zero-order valence-corrected chi connectivity index (χ0v) is 17.9. The van der Waals surface area contributed by atoms with Gasteiger partial charge in [-0.1, -0.05) is 42.0 Å². The van der Waals surface area contributed by atoms with Gasteiger partial charge in [-0.25, -0.2) is 0 Å². The molecule has 31 heavy (non-hydrogen) atoms. The number of nitrogens with zero attached hydrogens (tertiary/aromatic N) is 1. The highest BCUT2D eigenvalue weighted by molar-refractivity contribution is 6.07. The first-order chi connectivity index (χ1) is 15.0. The SMILES string of the molecule is COc1ccc(CC(=O)NCc2ccc3c(c2)N(C(=O)c2ccc(C)cc2)CC3)cc1. The molecule has 0 fully saturated rings. The topological polar surface area (TPSA) is 58.6 Å². The number of amides is 2. The number of hydrogen-bond acceptors (Lipinski definition) is 3. The number of benzene rings is 3. The van der Waals surface area contributed by atoms with Crippen molar-refractivity contribution in [1.82, 2.24) is 5.32 Å². The first-order valence-electron chi connectivity index (χ1n) is 10.4. The molecule has 0 unspecified atom stereocenters. The Bertz CT molecular complexity index is 1090. The standard InChI is InChI=1S/C26H26N2O3/c1-18-3-8-22(9-4-18)26(30)28-14-13-21-10-5-20(15-24(21)28)17-27-25(29)16-19-6-11-23(31-2)12-7-19/h3-12,15H,13-14,16-17H2,1-2H3,(H,27,29). The molecule has 0 aliphatic carbocycles. The fraction of sp³-hybridized carbons (Fsp3) is 0.231. The van der Waals surface area contributed by atoms with Crippen molar-refractivity contribution in [2.45, 2.75) is 26.3 Å². The Hall–Kier alpha value is -3.60. The minimum atomic E-state index is -0.0433. The summed E-state index contributed by atoms with van der Waals surface area (Å²) in [7, 11) is 1.62. The van der Waals surface area contributed by atoms with Crippen LogP contribution in [0, 0.1) is 6.92 Å². The molecule has 1 heterocycles. The molecule has 1 aliphatic rings. The summed E-state index contributed by atoms with van der Waals surface area (Å²) in [6, 6.07) is 21.2. The van der Waals surface area contributed by atoms with Crippen LogP contribution in [0.1, 0.15) is 32.6 Å². The van der Waals surface area contributed by atoms with Crippen LogP contribution in [0.15, 0.2) is 66.7 Å². The third kappa shape index (κ3) is 4.77. The van der Waals surface area contributed by atoms with Crippen LogP contribution in [0.3, 0.4) is 0 Å². The maximum absolute atomic E-state index is 13.0. The Labute approximate surface area is 182 Å². The van der Waals surface area contributed by atoms with Gasteiger partial charge in [-0.3, -0.25) is 9.59 Å². The summed E-state index contributed by atoms with van der Waals surface area (Å²) in [5, 5.41) is 2.98. The lowest BCUT2D eigenvalue weighted by Crippen LogP contribution is -2.29. The van der Waals surface area contributed by atoms with E-state index in [1.807, 2.05) is 72.5 Å². The molecule has 1 aliphatic heterocycles. The lowest BCUT2D eigenvalue weighted by molar-refractivity contribution is -0.120. The molecule has 0 aromatic heterocycles. The molecule has 0 radical (unpaired) electrons. The van der Waals surface area contributed by atoms with E-state index in [0.717, 1.165) is 40.1 Å². The van der Waals surface area contributed by atoms with E-state index in [1.54, 1.807) is 7.11 Å². The Morgan fingerprint density at radius 1 is 0.968 bits per heavy atom. The number of methoxy groups -OCH3 is 1. The van der Waals surface area contributed by atoms with Crippen molar-refractivity contribution in [2.75, 3.05) is 18.6 Å². The molecule has 3 aromatic carbocycles. The van der Waals surface area contributed by atoms with E-state index in [4.69, 9.17) is 4.74 Å². The van der Waals surface area contributed by atoms with Crippen molar-refractivity contribution in [1.29, 1.82) is 0 Å². The second-order valence-electron chi connectivity index (χ2n) is 7.84. The first kappa shape index (κ1) is 20.7. The molecule has 0 saturated heterocycles. The molecule has 1 N–H and O–H groups in total. The summed E-state index contributed by atoms with van der Waals surface area (Å²) in [4.78, 5) is 27.2. The van der Waals surface area contributed by atoms with E-state index in [0.29, 0.717) is 25.1 Å². The van der Waals surface area contributed by atoms with Crippen molar-refractivity contribution in [3.8, 4) is 5.75 Å². The van der Waals surface area contributed by atoms with E-state index >= 15 is 0 Å². The summed E-state index contributed by atoms with van der Waals surface area (Å²) in [6.07, 6.45) is 1.16. The monoisotopic (exact) mass is 414 g/mol. The molecule has 0 atom stereocenters. The van der Waals surface area contributed by atoms with Crippen LogP contribution in [-0.2, 0) is 24.2 Å². The normalized spacial score (nSPS) is 12.4. The van der Waals surface area contributed by atoms with Crippen molar-refractivity contribution in [2.24, 2.45) is 0 Å². The summed E-state index contributed by atoms with van der Waals surface area (Å²) in [5.41, 5.74) is 5.83. The number of ether oxygens (including phenoxy) is 1. The van der Waals surface area contributed by atoms with Gasteiger partial charge in [0.25, 0.3) is 5.91 Å². The number of anilines is 1. The zero-order valence-electron chi connectivity index (χ0n) is 17.9. The molecule has 4 rings (SSSR count). The van der Waals surface area contributed by atoms with E-state index in [9.17, 15) is 9.59 Å². The van der Waals surface area contributed by atoms with Gasteiger partial charge < -0.3 is 15.0 Å². The van der Waals surface area contributed by atoms with Crippen LogP contribution >= 0.6 is 0 Å². The Morgan fingerprint density at radius 2 is 1.68 bits per heavy atom. The van der Waals surface area contributed by atoms with Crippen LogP contribution in [0.5, 0.6) is 5.75 Å². The van der Waals surface area contributed by atoms with Crippen molar-refractivity contribution < 1.29 is 14.3 Å². The first-order valence-corrected chi connectivity index (χ1v) is 10.4. The fourth-order valence-corrected chi connectivity index (χ4v) is 3.79. The lowest BCUT2D eigenvalue weighted by atomic mass is 10.1. The second kappa shape index (κ2) is 9.04. The third-order valence-corrected chi connectivity index (χ3v) is 5.60. The number of nitrogens with one attached hydrogen (secondary N) is 1. The number of carbonyl (C=O) groups excluding carboxylic acids is 2. The molecule has 3 aromatic rings. The average Bonchev–Trinajstić information content (AvgIpc) is 3.21. The van der Waals surface area contributed by atoms with E-state index < -0.39 is 0 Å². The third-order valence-electron chi connectivity index (χ3n) is 5.60. The van der Waals surface area contributed by atoms with Crippen molar-refractivity contribution in [3.05, 3.63) is 94.5 Å². The van der Waals surface area contributed by atoms with Crippen molar-refractivity contribution >= 4 is 17.5 Å². The number of aryl methyl sites for hydroxylation is 1. The lowest BCUT2D eigenvalue weighted by Gasteiger charge is -2.18. The average molecular weight is 415 g/mol. The van der Waals surface area contributed by atoms with Crippen LogP contribution in [0.25, 0.3) is 0 Å². The van der Waals surface area contributed by atoms with E-state index in [2.05, 4.69) is 11.4 Å². The number of hydrogen-bond donors (Lipinski definition) is 1. The van der Waals surface area contributed by atoms with Gasteiger partial charge in [0.05, 0.1) is 13.5 Å². The highest BCUT2D eigenvalue weighted by Gasteiger charge is 2.25. The minimum absolute atomic E-state index is 0.0134. The van der Waals surface area contributed by atoms with Gasteiger partial charge in [-0.05, 0) is 60.4 Å². The number of rotatable bonds is 6. The number of fused-ring (bicyclic) bond motifs is 1. The van der Waals surface area contributed by atoms with E-state index in [-0.39, 0.29) is 11.8 Å². The number of carbonyl (C=O) groups is 2. The Balaban J connectivity index is 1.40. The van der Waals surface area contributed by atoms with Gasteiger partial charge in [0, 0.05) is 24.3 Å². The summed E-state index contributed by atoms with van der Waals surface area (Å²) < 4.78 is 5.15. The smallest absolute Gasteiger partial charge is 0.258 e. The maximum Gasteiger partial charge on any atom is 0.258 e. The molecule has 2 amide bonds. The molecule has 0 saturated carbocycles. The Kier molecular flexibility index (Phi) is 6.03. The molecule has 5 heteroatoms. The Morgan fingerprint density at radius 3 is 2.39 bits per heavy atom. The quantitative estimate of drug-likeness (QED) is 0.662. The maximum atomic E-state index is 13.0. The summed E-state index contributed by atoms with van der Waals surface area (Å²) in [5.74, 6) is 0.740. The van der Waals surface area contributed by atoms with Gasteiger partial charge >= 0.3 is 0 Å². The summed E-state index contributed by atoms with van der Waals surface area (Å²) in [6.45, 7) is 3.11. The molecule has 0 spiro atoms. The van der Waals surface area contributed by atoms with E-state index in [1.165, 1.54) is 0 Å². The highest BCUT2D eigenvalue weighted by atomic mass is 16.5. The zero-order chi connectivity index (χ0) is 21.8. The van der Waals surface area contributed by atoms with Gasteiger partial charge in [-0.15, -0.1) is 0 Å². The predicted molar refractivity (Wildman–Crippen MR) is 122 cm³/mol. The molecular weight excluding hydrogens is 388 g/mol. The van der Waals surface area contributed by atoms with Gasteiger partial charge in [-0.2, -0.15) is 0 Å². The molecule has 5 nitrogen and oxygen atoms in total. The minimum Gasteiger partial charge on any atom is -0.497 e. The molecule has 158 valence electrons.